The Morgan fingerprint density at radius 1 is 1.19 bits per heavy atom. The standard InChI is InChI=1S/C16H21N3O2/c1-2-7-18-15(20)13-10-14(12-17-11-13)16(21)19-8-5-3-4-6-9-19/h2,10-12H,1,3-9H2,(H,18,20). The number of nitrogens with one attached hydrogen (secondary N) is 1. The molecule has 0 bridgehead atoms. The highest BCUT2D eigenvalue weighted by Crippen LogP contribution is 2.13. The van der Waals surface area contributed by atoms with E-state index in [1.165, 1.54) is 25.2 Å². The molecule has 0 unspecified atom stereocenters. The molecule has 0 spiro atoms. The molecule has 1 N–H and O–H groups in total. The van der Waals surface area contributed by atoms with Crippen LogP contribution in [0.3, 0.4) is 0 Å². The monoisotopic (exact) mass is 287 g/mol. The number of carbonyl (C=O) groups excluding carboxylic acids is 2. The van der Waals surface area contributed by atoms with Crippen LogP contribution < -0.4 is 5.32 Å². The number of hydrogen-bond acceptors (Lipinski definition) is 3. The zero-order valence-electron chi connectivity index (χ0n) is 12.2. The third-order valence-corrected chi connectivity index (χ3v) is 3.55. The van der Waals surface area contributed by atoms with Crippen LogP contribution >= 0.6 is 0 Å². The average Bonchev–Trinajstić information content (AvgIpc) is 2.81. The van der Waals surface area contributed by atoms with Gasteiger partial charge in [-0.3, -0.25) is 14.6 Å². The molecule has 5 nitrogen and oxygen atoms in total. The summed E-state index contributed by atoms with van der Waals surface area (Å²) in [5.74, 6) is -0.282. The molecule has 1 aliphatic heterocycles. The zero-order chi connectivity index (χ0) is 15.1. The van der Waals surface area contributed by atoms with Crippen molar-refractivity contribution in [2.24, 2.45) is 0 Å². The van der Waals surface area contributed by atoms with E-state index in [2.05, 4.69) is 16.9 Å². The van der Waals surface area contributed by atoms with E-state index in [-0.39, 0.29) is 11.8 Å². The topological polar surface area (TPSA) is 62.3 Å². The van der Waals surface area contributed by atoms with Crippen LogP contribution in [0.4, 0.5) is 0 Å². The lowest BCUT2D eigenvalue weighted by atomic mass is 10.1. The minimum absolute atomic E-state index is 0.0391. The minimum atomic E-state index is -0.243. The summed E-state index contributed by atoms with van der Waals surface area (Å²) in [6, 6.07) is 1.61. The van der Waals surface area contributed by atoms with Crippen molar-refractivity contribution < 1.29 is 9.59 Å². The largest absolute Gasteiger partial charge is 0.349 e. The van der Waals surface area contributed by atoms with Gasteiger partial charge in [0.15, 0.2) is 0 Å². The first-order chi connectivity index (χ1) is 10.2. The number of pyridine rings is 1. The molecule has 5 heteroatoms. The van der Waals surface area contributed by atoms with E-state index >= 15 is 0 Å². The van der Waals surface area contributed by atoms with E-state index in [4.69, 9.17) is 0 Å². The summed E-state index contributed by atoms with van der Waals surface area (Å²) < 4.78 is 0. The Hall–Kier alpha value is -2.17. The first kappa shape index (κ1) is 15.2. The van der Waals surface area contributed by atoms with Crippen molar-refractivity contribution in [1.82, 2.24) is 15.2 Å². The summed E-state index contributed by atoms with van der Waals surface area (Å²) in [5, 5.41) is 2.68. The summed E-state index contributed by atoms with van der Waals surface area (Å²) >= 11 is 0. The van der Waals surface area contributed by atoms with Crippen LogP contribution in [0.25, 0.3) is 0 Å². The van der Waals surface area contributed by atoms with E-state index in [1.54, 1.807) is 12.1 Å². The van der Waals surface area contributed by atoms with Gasteiger partial charge in [-0.2, -0.15) is 0 Å². The molecule has 0 radical (unpaired) electrons. The third kappa shape index (κ3) is 4.15. The van der Waals surface area contributed by atoms with E-state index in [0.29, 0.717) is 17.7 Å². The van der Waals surface area contributed by atoms with Crippen LogP contribution in [-0.4, -0.2) is 41.3 Å². The van der Waals surface area contributed by atoms with Crippen molar-refractivity contribution in [3.63, 3.8) is 0 Å². The predicted octanol–water partition coefficient (Wildman–Crippen LogP) is 2.01. The van der Waals surface area contributed by atoms with Gasteiger partial charge in [-0.1, -0.05) is 18.9 Å². The maximum Gasteiger partial charge on any atom is 0.255 e. The van der Waals surface area contributed by atoms with Gasteiger partial charge in [-0.05, 0) is 18.9 Å². The summed E-state index contributed by atoms with van der Waals surface area (Å²) in [5.41, 5.74) is 0.876. The van der Waals surface area contributed by atoms with Gasteiger partial charge in [-0.25, -0.2) is 0 Å². The predicted molar refractivity (Wildman–Crippen MR) is 81.1 cm³/mol. The molecule has 2 heterocycles. The molecule has 112 valence electrons. The number of carbonyl (C=O) groups is 2. The van der Waals surface area contributed by atoms with Gasteiger partial charge in [0.05, 0.1) is 11.1 Å². The molecule has 1 aromatic rings. The first-order valence-electron chi connectivity index (χ1n) is 7.36. The van der Waals surface area contributed by atoms with Crippen molar-refractivity contribution in [1.29, 1.82) is 0 Å². The van der Waals surface area contributed by atoms with Gasteiger partial charge in [0.1, 0.15) is 0 Å². The normalized spacial score (nSPS) is 15.1. The van der Waals surface area contributed by atoms with Crippen molar-refractivity contribution >= 4 is 11.8 Å². The quantitative estimate of drug-likeness (QED) is 0.862. The van der Waals surface area contributed by atoms with Crippen molar-refractivity contribution in [2.75, 3.05) is 19.6 Å². The van der Waals surface area contributed by atoms with Gasteiger partial charge in [0.2, 0.25) is 0 Å². The summed E-state index contributed by atoms with van der Waals surface area (Å²) in [4.78, 5) is 30.2. The Bertz CT molecular complexity index is 520. The van der Waals surface area contributed by atoms with Crippen LogP contribution in [0.5, 0.6) is 0 Å². The Balaban J connectivity index is 2.10. The highest BCUT2D eigenvalue weighted by Gasteiger charge is 2.18. The second-order valence-corrected chi connectivity index (χ2v) is 5.17. The molecular formula is C16H21N3O2. The Kier molecular flexibility index (Phi) is 5.49. The number of nitrogens with zero attached hydrogens (tertiary/aromatic N) is 2. The lowest BCUT2D eigenvalue weighted by molar-refractivity contribution is 0.0761. The third-order valence-electron chi connectivity index (χ3n) is 3.55. The maximum absolute atomic E-state index is 12.5. The molecule has 1 aromatic heterocycles. The maximum atomic E-state index is 12.5. The van der Waals surface area contributed by atoms with Gasteiger partial charge in [0, 0.05) is 32.0 Å². The van der Waals surface area contributed by atoms with E-state index in [1.807, 2.05) is 4.90 Å². The Labute approximate surface area is 125 Å². The van der Waals surface area contributed by atoms with Crippen molar-refractivity contribution in [3.05, 3.63) is 42.2 Å². The van der Waals surface area contributed by atoms with Crippen LogP contribution in [0, 0.1) is 0 Å². The summed E-state index contributed by atoms with van der Waals surface area (Å²) in [6.07, 6.45) is 9.03. The molecule has 1 saturated heterocycles. The average molecular weight is 287 g/mol. The smallest absolute Gasteiger partial charge is 0.255 e. The van der Waals surface area contributed by atoms with Crippen LogP contribution in [0.15, 0.2) is 31.1 Å². The van der Waals surface area contributed by atoms with E-state index in [0.717, 1.165) is 25.9 Å². The van der Waals surface area contributed by atoms with Gasteiger partial charge in [-0.15, -0.1) is 6.58 Å². The van der Waals surface area contributed by atoms with Gasteiger partial charge >= 0.3 is 0 Å². The van der Waals surface area contributed by atoms with Crippen molar-refractivity contribution in [3.8, 4) is 0 Å². The lowest BCUT2D eigenvalue weighted by Crippen LogP contribution is -2.32. The Morgan fingerprint density at radius 3 is 2.52 bits per heavy atom. The summed E-state index contributed by atoms with van der Waals surface area (Å²) in [6.45, 7) is 5.51. The van der Waals surface area contributed by atoms with Crippen LogP contribution in [0.2, 0.25) is 0 Å². The molecule has 1 aliphatic rings. The molecular weight excluding hydrogens is 266 g/mol. The Morgan fingerprint density at radius 2 is 1.86 bits per heavy atom. The second-order valence-electron chi connectivity index (χ2n) is 5.17. The van der Waals surface area contributed by atoms with Crippen LogP contribution in [-0.2, 0) is 0 Å². The van der Waals surface area contributed by atoms with E-state index < -0.39 is 0 Å². The lowest BCUT2D eigenvalue weighted by Gasteiger charge is -2.20. The SMILES string of the molecule is C=CCNC(=O)c1cncc(C(=O)N2CCCCCC2)c1. The molecule has 2 rings (SSSR count). The van der Waals surface area contributed by atoms with Crippen molar-refractivity contribution in [2.45, 2.75) is 25.7 Å². The fourth-order valence-corrected chi connectivity index (χ4v) is 2.40. The molecule has 0 aromatic carbocycles. The molecule has 21 heavy (non-hydrogen) atoms. The molecule has 0 aliphatic carbocycles. The van der Waals surface area contributed by atoms with Crippen LogP contribution in [0.1, 0.15) is 46.4 Å². The molecule has 1 fully saturated rings. The first-order valence-corrected chi connectivity index (χ1v) is 7.36. The van der Waals surface area contributed by atoms with E-state index in [9.17, 15) is 9.59 Å². The molecule has 0 atom stereocenters. The number of rotatable bonds is 4. The molecule has 2 amide bonds. The van der Waals surface area contributed by atoms with Gasteiger partial charge < -0.3 is 10.2 Å². The minimum Gasteiger partial charge on any atom is -0.349 e. The van der Waals surface area contributed by atoms with Gasteiger partial charge in [0.25, 0.3) is 11.8 Å². The fourth-order valence-electron chi connectivity index (χ4n) is 2.40. The second kappa shape index (κ2) is 7.57. The highest BCUT2D eigenvalue weighted by molar-refractivity contribution is 5.99. The zero-order valence-corrected chi connectivity index (χ0v) is 12.2. The number of amides is 2. The number of hydrogen-bond donors (Lipinski definition) is 1. The highest BCUT2D eigenvalue weighted by atomic mass is 16.2. The number of likely N-dealkylation sites (tertiary alicyclic amines) is 1. The fraction of sp³-hybridized carbons (Fsp3) is 0.438. The molecule has 0 saturated carbocycles. The summed E-state index contributed by atoms with van der Waals surface area (Å²) in [7, 11) is 0. The number of aromatic nitrogens is 1.